The van der Waals surface area contributed by atoms with Gasteiger partial charge in [0.25, 0.3) is 0 Å². The Hall–Kier alpha value is -1.35. The lowest BCUT2D eigenvalue weighted by atomic mass is 9.98. The standard InChI is InChI=1S/C15H23NO2/c1-11-5-7-13(8-6-11)9-12(2)14(18)16-15(3,4)10-17/h5-8,12,17H,9-10H2,1-4H3,(H,16,18). The van der Waals surface area contributed by atoms with E-state index < -0.39 is 5.54 Å². The zero-order valence-electron chi connectivity index (χ0n) is 11.7. The van der Waals surface area contributed by atoms with Crippen LogP contribution in [0.1, 0.15) is 31.9 Å². The molecule has 0 aromatic heterocycles. The number of aryl methyl sites for hydroxylation is 1. The molecule has 0 aliphatic rings. The molecular weight excluding hydrogens is 226 g/mol. The van der Waals surface area contributed by atoms with Crippen LogP contribution in [0.2, 0.25) is 0 Å². The smallest absolute Gasteiger partial charge is 0.223 e. The number of aliphatic hydroxyl groups excluding tert-OH is 1. The van der Waals surface area contributed by atoms with E-state index in [1.807, 2.05) is 27.7 Å². The van der Waals surface area contributed by atoms with E-state index in [2.05, 4.69) is 29.6 Å². The normalized spacial score (nSPS) is 13.2. The van der Waals surface area contributed by atoms with Gasteiger partial charge in [-0.25, -0.2) is 0 Å². The van der Waals surface area contributed by atoms with E-state index in [1.165, 1.54) is 5.56 Å². The molecule has 1 atom stereocenters. The second-order valence-electron chi connectivity index (χ2n) is 5.62. The van der Waals surface area contributed by atoms with Crippen LogP contribution in [0.15, 0.2) is 24.3 Å². The summed E-state index contributed by atoms with van der Waals surface area (Å²) in [6.07, 6.45) is 0.716. The third kappa shape index (κ3) is 4.49. The second-order valence-corrected chi connectivity index (χ2v) is 5.62. The third-order valence-corrected chi connectivity index (χ3v) is 2.97. The molecule has 0 aliphatic carbocycles. The topological polar surface area (TPSA) is 49.3 Å². The average Bonchev–Trinajstić information content (AvgIpc) is 2.31. The Bertz CT molecular complexity index is 395. The van der Waals surface area contributed by atoms with Crippen molar-refractivity contribution in [2.75, 3.05) is 6.61 Å². The summed E-state index contributed by atoms with van der Waals surface area (Å²) >= 11 is 0. The summed E-state index contributed by atoms with van der Waals surface area (Å²) < 4.78 is 0. The van der Waals surface area contributed by atoms with Gasteiger partial charge in [-0.3, -0.25) is 4.79 Å². The molecular formula is C15H23NO2. The van der Waals surface area contributed by atoms with Gasteiger partial charge in [-0.15, -0.1) is 0 Å². The zero-order chi connectivity index (χ0) is 13.8. The maximum atomic E-state index is 12.0. The van der Waals surface area contributed by atoms with Gasteiger partial charge in [0.15, 0.2) is 0 Å². The highest BCUT2D eigenvalue weighted by molar-refractivity contribution is 5.79. The second kappa shape index (κ2) is 6.01. The molecule has 18 heavy (non-hydrogen) atoms. The Balaban J connectivity index is 2.57. The van der Waals surface area contributed by atoms with E-state index >= 15 is 0 Å². The Morgan fingerprint density at radius 3 is 2.39 bits per heavy atom. The van der Waals surface area contributed by atoms with Crippen molar-refractivity contribution in [1.82, 2.24) is 5.32 Å². The maximum Gasteiger partial charge on any atom is 0.223 e. The number of benzene rings is 1. The summed E-state index contributed by atoms with van der Waals surface area (Å²) in [5, 5.41) is 12.0. The molecule has 0 spiro atoms. The number of aliphatic hydroxyl groups is 1. The van der Waals surface area contributed by atoms with Crippen molar-refractivity contribution in [3.05, 3.63) is 35.4 Å². The number of carbonyl (C=O) groups excluding carboxylic acids is 1. The molecule has 3 nitrogen and oxygen atoms in total. The Morgan fingerprint density at radius 1 is 1.33 bits per heavy atom. The van der Waals surface area contributed by atoms with Crippen molar-refractivity contribution >= 4 is 5.91 Å². The molecule has 0 heterocycles. The van der Waals surface area contributed by atoms with Crippen molar-refractivity contribution in [3.8, 4) is 0 Å². The minimum Gasteiger partial charge on any atom is -0.394 e. The molecule has 2 N–H and O–H groups in total. The fourth-order valence-electron chi connectivity index (χ4n) is 1.67. The van der Waals surface area contributed by atoms with Crippen LogP contribution in [-0.2, 0) is 11.2 Å². The first kappa shape index (κ1) is 14.7. The summed E-state index contributed by atoms with van der Waals surface area (Å²) in [6.45, 7) is 7.51. The maximum absolute atomic E-state index is 12.0. The summed E-state index contributed by atoms with van der Waals surface area (Å²) in [5.74, 6) is -0.117. The van der Waals surface area contributed by atoms with E-state index in [0.717, 1.165) is 5.56 Å². The molecule has 0 saturated carbocycles. The van der Waals surface area contributed by atoms with Gasteiger partial charge in [-0.2, -0.15) is 0 Å². The van der Waals surface area contributed by atoms with Crippen LogP contribution in [0.25, 0.3) is 0 Å². The number of rotatable bonds is 5. The Labute approximate surface area is 109 Å². The molecule has 1 aromatic rings. The van der Waals surface area contributed by atoms with Gasteiger partial charge in [0.1, 0.15) is 0 Å². The summed E-state index contributed by atoms with van der Waals surface area (Å²) in [6, 6.07) is 8.21. The predicted molar refractivity (Wildman–Crippen MR) is 73.4 cm³/mol. The summed E-state index contributed by atoms with van der Waals surface area (Å²) in [4.78, 5) is 12.0. The lowest BCUT2D eigenvalue weighted by Gasteiger charge is -2.25. The number of amides is 1. The molecule has 3 heteroatoms. The largest absolute Gasteiger partial charge is 0.394 e. The van der Waals surface area contributed by atoms with Crippen LogP contribution < -0.4 is 5.32 Å². The van der Waals surface area contributed by atoms with Crippen LogP contribution >= 0.6 is 0 Å². The van der Waals surface area contributed by atoms with Gasteiger partial charge in [0, 0.05) is 5.92 Å². The van der Waals surface area contributed by atoms with Gasteiger partial charge in [0.2, 0.25) is 5.91 Å². The van der Waals surface area contributed by atoms with Crippen molar-refractivity contribution in [2.45, 2.75) is 39.7 Å². The quantitative estimate of drug-likeness (QED) is 0.839. The molecule has 1 aromatic carbocycles. The molecule has 100 valence electrons. The minimum absolute atomic E-state index is 0.0189. The van der Waals surface area contributed by atoms with Gasteiger partial charge < -0.3 is 10.4 Å². The highest BCUT2D eigenvalue weighted by Gasteiger charge is 2.22. The van der Waals surface area contributed by atoms with Crippen LogP contribution in [0, 0.1) is 12.8 Å². The summed E-state index contributed by atoms with van der Waals surface area (Å²) in [5.41, 5.74) is 1.82. The highest BCUT2D eigenvalue weighted by atomic mass is 16.3. The monoisotopic (exact) mass is 249 g/mol. The fraction of sp³-hybridized carbons (Fsp3) is 0.533. The third-order valence-electron chi connectivity index (χ3n) is 2.97. The van der Waals surface area contributed by atoms with Gasteiger partial charge in [0.05, 0.1) is 12.1 Å². The van der Waals surface area contributed by atoms with Crippen LogP contribution in [0.3, 0.4) is 0 Å². The van der Waals surface area contributed by atoms with E-state index in [4.69, 9.17) is 5.11 Å². The molecule has 0 radical (unpaired) electrons. The van der Waals surface area contributed by atoms with Gasteiger partial charge in [-0.05, 0) is 32.8 Å². The van der Waals surface area contributed by atoms with Gasteiger partial charge >= 0.3 is 0 Å². The van der Waals surface area contributed by atoms with Crippen molar-refractivity contribution < 1.29 is 9.90 Å². The van der Waals surface area contributed by atoms with Crippen LogP contribution in [0.5, 0.6) is 0 Å². The Morgan fingerprint density at radius 2 is 1.89 bits per heavy atom. The van der Waals surface area contributed by atoms with Crippen LogP contribution in [0.4, 0.5) is 0 Å². The molecule has 0 bridgehead atoms. The number of hydrogen-bond acceptors (Lipinski definition) is 2. The first-order valence-corrected chi connectivity index (χ1v) is 6.32. The lowest BCUT2D eigenvalue weighted by Crippen LogP contribution is -2.48. The Kier molecular flexibility index (Phi) is 4.91. The minimum atomic E-state index is -0.557. The fourth-order valence-corrected chi connectivity index (χ4v) is 1.67. The molecule has 1 amide bonds. The molecule has 1 rings (SSSR count). The first-order chi connectivity index (χ1) is 8.34. The highest BCUT2D eigenvalue weighted by Crippen LogP contribution is 2.11. The van der Waals surface area contributed by atoms with E-state index in [-0.39, 0.29) is 18.4 Å². The van der Waals surface area contributed by atoms with Crippen molar-refractivity contribution in [1.29, 1.82) is 0 Å². The van der Waals surface area contributed by atoms with Crippen molar-refractivity contribution in [3.63, 3.8) is 0 Å². The van der Waals surface area contributed by atoms with Crippen molar-refractivity contribution in [2.24, 2.45) is 5.92 Å². The first-order valence-electron chi connectivity index (χ1n) is 6.32. The molecule has 0 aliphatic heterocycles. The zero-order valence-corrected chi connectivity index (χ0v) is 11.7. The molecule has 1 unspecified atom stereocenters. The lowest BCUT2D eigenvalue weighted by molar-refractivity contribution is -0.126. The molecule has 0 saturated heterocycles. The number of hydrogen-bond donors (Lipinski definition) is 2. The average molecular weight is 249 g/mol. The number of carbonyl (C=O) groups is 1. The van der Waals surface area contributed by atoms with Gasteiger partial charge in [-0.1, -0.05) is 36.8 Å². The van der Waals surface area contributed by atoms with Crippen LogP contribution in [-0.4, -0.2) is 23.2 Å². The van der Waals surface area contributed by atoms with E-state index in [0.29, 0.717) is 6.42 Å². The predicted octanol–water partition coefficient (Wildman–Crippen LogP) is 2.06. The molecule has 0 fully saturated rings. The van der Waals surface area contributed by atoms with E-state index in [9.17, 15) is 4.79 Å². The SMILES string of the molecule is Cc1ccc(CC(C)C(=O)NC(C)(C)CO)cc1. The number of nitrogens with one attached hydrogen (secondary N) is 1. The van der Waals surface area contributed by atoms with E-state index in [1.54, 1.807) is 0 Å². The summed E-state index contributed by atoms with van der Waals surface area (Å²) in [7, 11) is 0.